The van der Waals surface area contributed by atoms with Crippen molar-refractivity contribution in [2.45, 2.75) is 39.7 Å². The number of hydrogen-bond acceptors (Lipinski definition) is 3. The number of nitrogens with one attached hydrogen (secondary N) is 1. The van der Waals surface area contributed by atoms with Crippen molar-refractivity contribution in [3.05, 3.63) is 0 Å². The van der Waals surface area contributed by atoms with Gasteiger partial charge in [0.1, 0.15) is 0 Å². The zero-order valence-corrected chi connectivity index (χ0v) is 11.5. The molecule has 92 valence electrons. The second-order valence-electron chi connectivity index (χ2n) is 4.00. The fourth-order valence-corrected chi connectivity index (χ4v) is 2.70. The summed E-state index contributed by atoms with van der Waals surface area (Å²) in [7, 11) is 1.78. The van der Waals surface area contributed by atoms with Crippen molar-refractivity contribution in [3.63, 3.8) is 0 Å². The second-order valence-corrected chi connectivity index (χ2v) is 5.15. The summed E-state index contributed by atoms with van der Waals surface area (Å²) < 4.78 is 5.13. The van der Waals surface area contributed by atoms with Crippen molar-refractivity contribution in [2.75, 3.05) is 31.8 Å². The molecule has 0 amide bonds. The molecule has 2 unspecified atom stereocenters. The predicted molar refractivity (Wildman–Crippen MR) is 70.7 cm³/mol. The van der Waals surface area contributed by atoms with Crippen molar-refractivity contribution in [1.29, 1.82) is 0 Å². The van der Waals surface area contributed by atoms with Gasteiger partial charge in [0.25, 0.3) is 0 Å². The summed E-state index contributed by atoms with van der Waals surface area (Å²) in [5.74, 6) is 3.21. The van der Waals surface area contributed by atoms with E-state index in [4.69, 9.17) is 4.74 Å². The molecular formula is C12H27NOS. The van der Waals surface area contributed by atoms with Crippen molar-refractivity contribution in [3.8, 4) is 0 Å². The first kappa shape index (κ1) is 15.3. The molecule has 0 rings (SSSR count). The van der Waals surface area contributed by atoms with E-state index in [2.05, 4.69) is 37.8 Å². The second kappa shape index (κ2) is 10.8. The van der Waals surface area contributed by atoms with Gasteiger partial charge < -0.3 is 10.1 Å². The molecule has 0 aromatic carbocycles. The van der Waals surface area contributed by atoms with Crippen LogP contribution in [0, 0.1) is 5.92 Å². The molecule has 2 atom stereocenters. The Balaban J connectivity index is 3.77. The molecule has 0 bridgehead atoms. The molecule has 1 N–H and O–H groups in total. The van der Waals surface area contributed by atoms with Gasteiger partial charge in [-0.15, -0.1) is 0 Å². The SMILES string of the molecule is CCCSCC(NCC)C(C)CCOC. The van der Waals surface area contributed by atoms with Crippen molar-refractivity contribution < 1.29 is 4.74 Å². The molecule has 0 aromatic rings. The Kier molecular flexibility index (Phi) is 11.0. The molecule has 0 aliphatic heterocycles. The largest absolute Gasteiger partial charge is 0.385 e. The van der Waals surface area contributed by atoms with E-state index in [0.717, 1.165) is 19.6 Å². The number of hydrogen-bond donors (Lipinski definition) is 1. The topological polar surface area (TPSA) is 21.3 Å². The van der Waals surface area contributed by atoms with Crippen molar-refractivity contribution >= 4 is 11.8 Å². The van der Waals surface area contributed by atoms with Gasteiger partial charge in [-0.05, 0) is 31.1 Å². The Labute approximate surface area is 99.5 Å². The third-order valence-electron chi connectivity index (χ3n) is 2.58. The highest BCUT2D eigenvalue weighted by atomic mass is 32.2. The van der Waals surface area contributed by atoms with E-state index in [-0.39, 0.29) is 0 Å². The van der Waals surface area contributed by atoms with E-state index in [1.807, 2.05) is 0 Å². The van der Waals surface area contributed by atoms with Crippen LogP contribution in [-0.4, -0.2) is 37.8 Å². The van der Waals surface area contributed by atoms with Crippen molar-refractivity contribution in [1.82, 2.24) is 5.32 Å². The highest BCUT2D eigenvalue weighted by molar-refractivity contribution is 7.99. The van der Waals surface area contributed by atoms with Gasteiger partial charge >= 0.3 is 0 Å². The summed E-state index contributed by atoms with van der Waals surface area (Å²) in [6, 6.07) is 0.640. The lowest BCUT2D eigenvalue weighted by Gasteiger charge is -2.24. The summed E-state index contributed by atoms with van der Waals surface area (Å²) in [4.78, 5) is 0. The lowest BCUT2D eigenvalue weighted by molar-refractivity contribution is 0.172. The highest BCUT2D eigenvalue weighted by Gasteiger charge is 2.15. The van der Waals surface area contributed by atoms with E-state index in [9.17, 15) is 0 Å². The van der Waals surface area contributed by atoms with Crippen LogP contribution in [0.25, 0.3) is 0 Å². The minimum Gasteiger partial charge on any atom is -0.385 e. The summed E-state index contributed by atoms with van der Waals surface area (Å²) in [6.07, 6.45) is 2.43. The van der Waals surface area contributed by atoms with Gasteiger partial charge in [-0.3, -0.25) is 0 Å². The summed E-state index contributed by atoms with van der Waals surface area (Å²) >= 11 is 2.06. The van der Waals surface area contributed by atoms with E-state index in [1.165, 1.54) is 17.9 Å². The quantitative estimate of drug-likeness (QED) is 0.586. The minimum atomic E-state index is 0.640. The van der Waals surface area contributed by atoms with Crippen LogP contribution in [0.1, 0.15) is 33.6 Å². The molecule has 15 heavy (non-hydrogen) atoms. The first-order valence-corrected chi connectivity index (χ1v) is 7.21. The zero-order valence-electron chi connectivity index (χ0n) is 10.7. The average molecular weight is 233 g/mol. The fourth-order valence-electron chi connectivity index (χ4n) is 1.55. The molecule has 0 aliphatic rings. The Morgan fingerprint density at radius 1 is 1.33 bits per heavy atom. The normalized spacial score (nSPS) is 15.2. The van der Waals surface area contributed by atoms with E-state index in [0.29, 0.717) is 12.0 Å². The smallest absolute Gasteiger partial charge is 0.0465 e. The van der Waals surface area contributed by atoms with Gasteiger partial charge in [0, 0.05) is 25.5 Å². The van der Waals surface area contributed by atoms with E-state index in [1.54, 1.807) is 7.11 Å². The Morgan fingerprint density at radius 2 is 2.07 bits per heavy atom. The van der Waals surface area contributed by atoms with Crippen LogP contribution in [0.15, 0.2) is 0 Å². The first-order valence-electron chi connectivity index (χ1n) is 6.06. The van der Waals surface area contributed by atoms with Gasteiger partial charge in [-0.2, -0.15) is 11.8 Å². The molecule has 0 spiro atoms. The van der Waals surface area contributed by atoms with Gasteiger partial charge in [0.05, 0.1) is 0 Å². The van der Waals surface area contributed by atoms with Crippen LogP contribution in [0.2, 0.25) is 0 Å². The van der Waals surface area contributed by atoms with Gasteiger partial charge in [-0.1, -0.05) is 20.8 Å². The number of ether oxygens (including phenoxy) is 1. The average Bonchev–Trinajstić information content (AvgIpc) is 2.25. The third-order valence-corrected chi connectivity index (χ3v) is 3.87. The standard InChI is InChI=1S/C12H27NOS/c1-5-9-15-10-12(13-6-2)11(3)7-8-14-4/h11-13H,5-10H2,1-4H3. The highest BCUT2D eigenvalue weighted by Crippen LogP contribution is 2.14. The van der Waals surface area contributed by atoms with E-state index < -0.39 is 0 Å². The lowest BCUT2D eigenvalue weighted by Crippen LogP contribution is -2.37. The molecule has 0 saturated heterocycles. The number of methoxy groups -OCH3 is 1. The van der Waals surface area contributed by atoms with Crippen LogP contribution in [0.4, 0.5) is 0 Å². The predicted octanol–water partition coefficient (Wildman–Crippen LogP) is 2.78. The molecular weight excluding hydrogens is 206 g/mol. The number of thioether (sulfide) groups is 1. The molecule has 0 radical (unpaired) electrons. The van der Waals surface area contributed by atoms with Crippen LogP contribution in [-0.2, 0) is 4.74 Å². The monoisotopic (exact) mass is 233 g/mol. The minimum absolute atomic E-state index is 0.640. The molecule has 0 heterocycles. The molecule has 0 aromatic heterocycles. The van der Waals surface area contributed by atoms with Gasteiger partial charge in [0.15, 0.2) is 0 Å². The lowest BCUT2D eigenvalue weighted by atomic mass is 10.0. The molecule has 0 aliphatic carbocycles. The fraction of sp³-hybridized carbons (Fsp3) is 1.00. The van der Waals surface area contributed by atoms with Gasteiger partial charge in [0.2, 0.25) is 0 Å². The Bertz CT molecular complexity index is 133. The molecule has 0 saturated carbocycles. The molecule has 2 nitrogen and oxygen atoms in total. The van der Waals surface area contributed by atoms with Gasteiger partial charge in [-0.25, -0.2) is 0 Å². The maximum atomic E-state index is 5.13. The van der Waals surface area contributed by atoms with Crippen LogP contribution in [0.3, 0.4) is 0 Å². The summed E-state index contributed by atoms with van der Waals surface area (Å²) in [6.45, 7) is 8.68. The van der Waals surface area contributed by atoms with Crippen LogP contribution < -0.4 is 5.32 Å². The number of rotatable bonds is 10. The third kappa shape index (κ3) is 8.12. The van der Waals surface area contributed by atoms with E-state index >= 15 is 0 Å². The zero-order chi connectivity index (χ0) is 11.5. The van der Waals surface area contributed by atoms with Crippen LogP contribution >= 0.6 is 11.8 Å². The molecule has 0 fully saturated rings. The Morgan fingerprint density at radius 3 is 2.60 bits per heavy atom. The molecule has 3 heteroatoms. The maximum absolute atomic E-state index is 5.13. The summed E-state index contributed by atoms with van der Waals surface area (Å²) in [5, 5.41) is 3.57. The van der Waals surface area contributed by atoms with Crippen LogP contribution in [0.5, 0.6) is 0 Å². The van der Waals surface area contributed by atoms with Crippen molar-refractivity contribution in [2.24, 2.45) is 5.92 Å². The summed E-state index contributed by atoms with van der Waals surface area (Å²) in [5.41, 5.74) is 0. The maximum Gasteiger partial charge on any atom is 0.0465 e. The Hall–Kier alpha value is 0.270. The first-order chi connectivity index (χ1) is 7.26.